The number of imide groups is 1. The van der Waals surface area contributed by atoms with Crippen molar-refractivity contribution in [3.8, 4) is 11.5 Å². The van der Waals surface area contributed by atoms with Gasteiger partial charge >= 0.3 is 6.18 Å². The van der Waals surface area contributed by atoms with Crippen LogP contribution in [0.4, 0.5) is 18.9 Å². The number of carbonyl (C=O) groups excluding carboxylic acids is 2. The zero-order valence-corrected chi connectivity index (χ0v) is 16.7. The molecular formula is C22H19F3N2O4. The van der Waals surface area contributed by atoms with Crippen LogP contribution in [0.2, 0.25) is 0 Å². The van der Waals surface area contributed by atoms with Gasteiger partial charge in [-0.15, -0.1) is 6.58 Å². The largest absolute Gasteiger partial charge is 0.493 e. The van der Waals surface area contributed by atoms with E-state index in [1.54, 1.807) is 12.1 Å². The van der Waals surface area contributed by atoms with Gasteiger partial charge in [0.2, 0.25) is 0 Å². The van der Waals surface area contributed by atoms with E-state index in [1.165, 1.54) is 38.5 Å². The minimum Gasteiger partial charge on any atom is -0.493 e. The highest BCUT2D eigenvalue weighted by atomic mass is 19.4. The van der Waals surface area contributed by atoms with Crippen LogP contribution in [0.3, 0.4) is 0 Å². The van der Waals surface area contributed by atoms with Gasteiger partial charge in [0.05, 0.1) is 25.4 Å². The van der Waals surface area contributed by atoms with E-state index in [-0.39, 0.29) is 23.5 Å². The Morgan fingerprint density at radius 2 is 1.74 bits per heavy atom. The topological polar surface area (TPSA) is 67.9 Å². The fourth-order valence-corrected chi connectivity index (χ4v) is 3.16. The zero-order valence-electron chi connectivity index (χ0n) is 16.7. The molecular weight excluding hydrogens is 413 g/mol. The first-order valence-corrected chi connectivity index (χ1v) is 9.09. The SMILES string of the molecule is C=CCN1C(=O)C(Nc2cccc(C(F)(F)F)c2)=C(c2ccc(OC)c(OC)c2)C1=O. The summed E-state index contributed by atoms with van der Waals surface area (Å²) in [6, 6.07) is 9.02. The summed E-state index contributed by atoms with van der Waals surface area (Å²) in [5.74, 6) is -0.536. The molecule has 0 bridgehead atoms. The lowest BCUT2D eigenvalue weighted by Gasteiger charge is -2.13. The number of halogens is 3. The molecule has 0 atom stereocenters. The first kappa shape index (κ1) is 21.9. The third-order valence-electron chi connectivity index (χ3n) is 4.61. The fourth-order valence-electron chi connectivity index (χ4n) is 3.16. The highest BCUT2D eigenvalue weighted by molar-refractivity contribution is 6.36. The molecule has 1 aliphatic heterocycles. The van der Waals surface area contributed by atoms with Crippen molar-refractivity contribution < 1.29 is 32.2 Å². The number of hydrogen-bond donors (Lipinski definition) is 1. The number of anilines is 1. The van der Waals surface area contributed by atoms with Crippen molar-refractivity contribution in [1.82, 2.24) is 4.90 Å². The Bertz CT molecular complexity index is 1080. The maximum Gasteiger partial charge on any atom is 0.416 e. The lowest BCUT2D eigenvalue weighted by atomic mass is 10.0. The predicted octanol–water partition coefficient (Wildman–Crippen LogP) is 4.10. The molecule has 31 heavy (non-hydrogen) atoms. The molecule has 2 aromatic carbocycles. The van der Waals surface area contributed by atoms with Gasteiger partial charge in [-0.25, -0.2) is 0 Å². The second kappa shape index (κ2) is 8.55. The van der Waals surface area contributed by atoms with E-state index in [9.17, 15) is 22.8 Å². The van der Waals surface area contributed by atoms with Gasteiger partial charge in [0.1, 0.15) is 5.70 Å². The number of hydrogen-bond acceptors (Lipinski definition) is 5. The standard InChI is InChI=1S/C22H19F3N2O4/c1-4-10-27-20(28)18(13-8-9-16(30-2)17(11-13)31-3)19(21(27)29)26-15-7-5-6-14(12-15)22(23,24)25/h4-9,11-12,26H,1,10H2,2-3H3. The summed E-state index contributed by atoms with van der Waals surface area (Å²) in [5, 5.41) is 2.70. The molecule has 9 heteroatoms. The summed E-state index contributed by atoms with van der Waals surface area (Å²) in [6.07, 6.45) is -3.17. The lowest BCUT2D eigenvalue weighted by Crippen LogP contribution is -2.32. The molecule has 2 aromatic rings. The monoisotopic (exact) mass is 432 g/mol. The molecule has 0 aromatic heterocycles. The van der Waals surface area contributed by atoms with Crippen LogP contribution in [0.5, 0.6) is 11.5 Å². The van der Waals surface area contributed by atoms with Gasteiger partial charge < -0.3 is 14.8 Å². The number of carbonyl (C=O) groups is 2. The molecule has 2 amide bonds. The Kier molecular flexibility index (Phi) is 6.05. The van der Waals surface area contributed by atoms with E-state index in [0.29, 0.717) is 17.1 Å². The smallest absolute Gasteiger partial charge is 0.416 e. The van der Waals surface area contributed by atoms with Gasteiger partial charge in [0.15, 0.2) is 11.5 Å². The molecule has 0 unspecified atom stereocenters. The molecule has 0 spiro atoms. The zero-order chi connectivity index (χ0) is 22.8. The number of ether oxygens (including phenoxy) is 2. The van der Waals surface area contributed by atoms with Crippen LogP contribution < -0.4 is 14.8 Å². The molecule has 3 rings (SSSR count). The number of rotatable bonds is 7. The normalized spacial score (nSPS) is 14.2. The summed E-state index contributed by atoms with van der Waals surface area (Å²) < 4.78 is 49.7. The van der Waals surface area contributed by atoms with E-state index >= 15 is 0 Å². The van der Waals surface area contributed by atoms with Crippen LogP contribution in [0, 0.1) is 0 Å². The number of alkyl halides is 3. The van der Waals surface area contributed by atoms with E-state index in [1.807, 2.05) is 0 Å². The minimum absolute atomic E-state index is 0.00483. The summed E-state index contributed by atoms with van der Waals surface area (Å²) in [7, 11) is 2.87. The summed E-state index contributed by atoms with van der Waals surface area (Å²) in [5.41, 5.74) is -0.657. The summed E-state index contributed by atoms with van der Waals surface area (Å²) >= 11 is 0. The Morgan fingerprint density at radius 1 is 1.03 bits per heavy atom. The van der Waals surface area contributed by atoms with Crippen molar-refractivity contribution >= 4 is 23.1 Å². The number of nitrogens with one attached hydrogen (secondary N) is 1. The summed E-state index contributed by atoms with van der Waals surface area (Å²) in [6.45, 7) is 3.49. The fraction of sp³-hybridized carbons (Fsp3) is 0.182. The van der Waals surface area contributed by atoms with Gasteiger partial charge in [0.25, 0.3) is 11.8 Å². The molecule has 0 saturated carbocycles. The number of amides is 2. The second-order valence-electron chi connectivity index (χ2n) is 6.53. The van der Waals surface area contributed by atoms with Crippen LogP contribution >= 0.6 is 0 Å². The van der Waals surface area contributed by atoms with Gasteiger partial charge in [-0.2, -0.15) is 13.2 Å². The Morgan fingerprint density at radius 3 is 2.35 bits per heavy atom. The van der Waals surface area contributed by atoms with E-state index in [0.717, 1.165) is 17.0 Å². The molecule has 162 valence electrons. The molecule has 0 radical (unpaired) electrons. The van der Waals surface area contributed by atoms with Crippen molar-refractivity contribution in [2.24, 2.45) is 0 Å². The maximum absolute atomic E-state index is 13.1. The molecule has 0 saturated heterocycles. The highest BCUT2D eigenvalue weighted by Gasteiger charge is 2.39. The molecule has 1 heterocycles. The Balaban J connectivity index is 2.12. The molecule has 0 fully saturated rings. The number of methoxy groups -OCH3 is 2. The molecule has 1 aliphatic rings. The van der Waals surface area contributed by atoms with Crippen molar-refractivity contribution in [3.05, 3.63) is 71.9 Å². The molecule has 1 N–H and O–H groups in total. The van der Waals surface area contributed by atoms with Gasteiger partial charge in [0, 0.05) is 12.2 Å². The van der Waals surface area contributed by atoms with Gasteiger partial charge in [-0.05, 0) is 35.9 Å². The predicted molar refractivity (Wildman–Crippen MR) is 108 cm³/mol. The average molecular weight is 432 g/mol. The number of benzene rings is 2. The van der Waals surface area contributed by atoms with Crippen LogP contribution in [-0.2, 0) is 15.8 Å². The third kappa shape index (κ3) is 4.25. The van der Waals surface area contributed by atoms with Crippen molar-refractivity contribution in [2.45, 2.75) is 6.18 Å². The van der Waals surface area contributed by atoms with Crippen LogP contribution in [0.25, 0.3) is 5.57 Å². The highest BCUT2D eigenvalue weighted by Crippen LogP contribution is 2.36. The lowest BCUT2D eigenvalue weighted by molar-refractivity contribution is -0.138. The van der Waals surface area contributed by atoms with E-state index in [2.05, 4.69) is 11.9 Å². The summed E-state index contributed by atoms with van der Waals surface area (Å²) in [4.78, 5) is 26.9. The second-order valence-corrected chi connectivity index (χ2v) is 6.53. The van der Waals surface area contributed by atoms with Crippen LogP contribution in [-0.4, -0.2) is 37.5 Å². The first-order valence-electron chi connectivity index (χ1n) is 9.09. The maximum atomic E-state index is 13.1. The van der Waals surface area contributed by atoms with Crippen molar-refractivity contribution in [1.29, 1.82) is 0 Å². The Labute approximate surface area is 176 Å². The average Bonchev–Trinajstić information content (AvgIpc) is 2.97. The van der Waals surface area contributed by atoms with Crippen molar-refractivity contribution in [3.63, 3.8) is 0 Å². The van der Waals surface area contributed by atoms with E-state index in [4.69, 9.17) is 9.47 Å². The first-order chi connectivity index (χ1) is 14.7. The Hall–Kier alpha value is -3.75. The van der Waals surface area contributed by atoms with Crippen molar-refractivity contribution in [2.75, 3.05) is 26.1 Å². The third-order valence-corrected chi connectivity index (χ3v) is 4.61. The molecule has 6 nitrogen and oxygen atoms in total. The van der Waals surface area contributed by atoms with Gasteiger partial charge in [-0.1, -0.05) is 18.2 Å². The van der Waals surface area contributed by atoms with Crippen LogP contribution in [0.15, 0.2) is 60.8 Å². The minimum atomic E-state index is -4.55. The van der Waals surface area contributed by atoms with Gasteiger partial charge in [-0.3, -0.25) is 14.5 Å². The quantitative estimate of drug-likeness (QED) is 0.527. The molecule has 0 aliphatic carbocycles. The number of nitrogens with zero attached hydrogens (tertiary/aromatic N) is 1. The van der Waals surface area contributed by atoms with Crippen LogP contribution in [0.1, 0.15) is 11.1 Å². The van der Waals surface area contributed by atoms with E-state index < -0.39 is 23.6 Å².